The van der Waals surface area contributed by atoms with Crippen LogP contribution in [0.4, 0.5) is 5.69 Å². The monoisotopic (exact) mass is 248 g/mol. The number of aryl methyl sites for hydroxylation is 1. The van der Waals surface area contributed by atoms with Gasteiger partial charge in [-0.2, -0.15) is 0 Å². The Bertz CT molecular complexity index is 487. The summed E-state index contributed by atoms with van der Waals surface area (Å²) in [6, 6.07) is 1.67. The zero-order valence-electron chi connectivity index (χ0n) is 10.2. The summed E-state index contributed by atoms with van der Waals surface area (Å²) in [5.41, 5.74) is 7.31. The summed E-state index contributed by atoms with van der Waals surface area (Å²) >= 11 is 0. The number of nitrogens with two attached hydrogens (primary N) is 1. The van der Waals surface area contributed by atoms with Gasteiger partial charge >= 0.3 is 0 Å². The van der Waals surface area contributed by atoms with Crippen LogP contribution in [-0.4, -0.2) is 29.4 Å². The number of nitrogens with zero attached hydrogens (tertiary/aromatic N) is 1. The maximum atomic E-state index is 11.9. The van der Waals surface area contributed by atoms with Crippen LogP contribution in [0.15, 0.2) is 12.3 Å². The number of carbonyl (C=O) groups excluding carboxylic acids is 2. The summed E-state index contributed by atoms with van der Waals surface area (Å²) in [5.74, 6) is -0.230. The van der Waals surface area contributed by atoms with Crippen LogP contribution in [0.2, 0.25) is 0 Å². The lowest BCUT2D eigenvalue weighted by Crippen LogP contribution is -2.38. The number of aromatic nitrogens is 1. The molecule has 4 N–H and O–H groups in total. The number of hydrogen-bond donors (Lipinski definition) is 3. The molecule has 0 radical (unpaired) electrons. The van der Waals surface area contributed by atoms with E-state index in [9.17, 15) is 9.59 Å². The minimum absolute atomic E-state index is 0.0149. The Morgan fingerprint density at radius 1 is 1.67 bits per heavy atom. The van der Waals surface area contributed by atoms with Crippen molar-refractivity contribution in [3.05, 3.63) is 23.5 Å². The second-order valence-corrected chi connectivity index (χ2v) is 4.43. The number of hydrogen-bond acceptors (Lipinski definition) is 4. The lowest BCUT2D eigenvalue weighted by molar-refractivity contribution is -0.119. The molecule has 0 spiro atoms. The Balaban J connectivity index is 1.93. The number of amides is 2. The lowest BCUT2D eigenvalue weighted by atomic mass is 10.2. The van der Waals surface area contributed by atoms with Crippen molar-refractivity contribution in [3.8, 4) is 0 Å². The first kappa shape index (κ1) is 12.3. The van der Waals surface area contributed by atoms with Gasteiger partial charge in [-0.1, -0.05) is 0 Å². The molecule has 2 amide bonds. The summed E-state index contributed by atoms with van der Waals surface area (Å²) in [5, 5.41) is 5.53. The van der Waals surface area contributed by atoms with Gasteiger partial charge in [0.15, 0.2) is 0 Å². The van der Waals surface area contributed by atoms with E-state index in [2.05, 4.69) is 15.6 Å². The van der Waals surface area contributed by atoms with Gasteiger partial charge in [0.05, 0.1) is 5.56 Å². The molecule has 1 atom stereocenters. The van der Waals surface area contributed by atoms with E-state index in [0.29, 0.717) is 24.2 Å². The largest absolute Gasteiger partial charge is 0.398 e. The molecular formula is C12H16N4O2. The molecule has 6 nitrogen and oxygen atoms in total. The summed E-state index contributed by atoms with van der Waals surface area (Å²) in [6.07, 6.45) is 2.74. The number of pyridine rings is 1. The maximum absolute atomic E-state index is 11.9. The Morgan fingerprint density at radius 3 is 3.06 bits per heavy atom. The van der Waals surface area contributed by atoms with E-state index in [1.54, 1.807) is 6.07 Å². The van der Waals surface area contributed by atoms with Gasteiger partial charge in [0.1, 0.15) is 0 Å². The molecule has 1 fully saturated rings. The topological polar surface area (TPSA) is 97.1 Å². The van der Waals surface area contributed by atoms with Gasteiger partial charge in [0, 0.05) is 36.6 Å². The van der Waals surface area contributed by atoms with Crippen LogP contribution in [0.5, 0.6) is 0 Å². The number of anilines is 1. The first-order chi connectivity index (χ1) is 8.56. The van der Waals surface area contributed by atoms with Gasteiger partial charge in [0.2, 0.25) is 5.91 Å². The number of nitrogen functional groups attached to an aromatic ring is 1. The average molecular weight is 248 g/mol. The first-order valence-electron chi connectivity index (χ1n) is 5.86. The highest BCUT2D eigenvalue weighted by molar-refractivity contribution is 5.98. The molecule has 0 aromatic carbocycles. The van der Waals surface area contributed by atoms with Crippen LogP contribution >= 0.6 is 0 Å². The van der Waals surface area contributed by atoms with E-state index < -0.39 is 0 Å². The van der Waals surface area contributed by atoms with Crippen molar-refractivity contribution in [2.24, 2.45) is 0 Å². The second kappa shape index (κ2) is 5.03. The Hall–Kier alpha value is -2.11. The smallest absolute Gasteiger partial charge is 0.255 e. The third kappa shape index (κ3) is 2.77. The molecule has 1 aliphatic heterocycles. The number of rotatable bonds is 3. The van der Waals surface area contributed by atoms with Crippen LogP contribution in [0, 0.1) is 6.92 Å². The van der Waals surface area contributed by atoms with Crippen molar-refractivity contribution in [1.82, 2.24) is 15.6 Å². The standard InChI is InChI=1S/C12H16N4O2/c1-7-4-10(13)9(6-14-7)12(18)15-5-8-2-3-11(17)16-8/h4,6,8H,2-3,5H2,1H3,(H2,13,14)(H,15,18)(H,16,17). The number of carbonyl (C=O) groups is 2. The zero-order chi connectivity index (χ0) is 13.1. The molecule has 2 heterocycles. The van der Waals surface area contributed by atoms with E-state index in [1.165, 1.54) is 6.20 Å². The maximum Gasteiger partial charge on any atom is 0.255 e. The predicted octanol–water partition coefficient (Wildman–Crippen LogP) is -0.0194. The minimum Gasteiger partial charge on any atom is -0.398 e. The Labute approximate surface area is 105 Å². The van der Waals surface area contributed by atoms with Crippen LogP contribution in [0.1, 0.15) is 28.9 Å². The van der Waals surface area contributed by atoms with E-state index >= 15 is 0 Å². The molecule has 1 saturated heterocycles. The fraction of sp³-hybridized carbons (Fsp3) is 0.417. The minimum atomic E-state index is -0.263. The molecule has 0 aliphatic carbocycles. The SMILES string of the molecule is Cc1cc(N)c(C(=O)NCC2CCC(=O)N2)cn1. The van der Waals surface area contributed by atoms with Crippen molar-refractivity contribution < 1.29 is 9.59 Å². The second-order valence-electron chi connectivity index (χ2n) is 4.43. The van der Waals surface area contributed by atoms with Crippen LogP contribution in [-0.2, 0) is 4.79 Å². The third-order valence-corrected chi connectivity index (χ3v) is 2.91. The quantitative estimate of drug-likeness (QED) is 0.700. The van der Waals surface area contributed by atoms with Gasteiger partial charge < -0.3 is 16.4 Å². The van der Waals surface area contributed by atoms with Gasteiger partial charge in [-0.15, -0.1) is 0 Å². The third-order valence-electron chi connectivity index (χ3n) is 2.91. The van der Waals surface area contributed by atoms with Gasteiger partial charge in [0.25, 0.3) is 5.91 Å². The van der Waals surface area contributed by atoms with Gasteiger partial charge in [-0.05, 0) is 19.4 Å². The molecule has 1 aromatic heterocycles. The molecule has 1 unspecified atom stereocenters. The highest BCUT2D eigenvalue weighted by atomic mass is 16.2. The fourth-order valence-electron chi connectivity index (χ4n) is 1.91. The number of nitrogens with one attached hydrogen (secondary N) is 2. The fourth-order valence-corrected chi connectivity index (χ4v) is 1.91. The summed E-state index contributed by atoms with van der Waals surface area (Å²) in [7, 11) is 0. The lowest BCUT2D eigenvalue weighted by Gasteiger charge is -2.12. The van der Waals surface area contributed by atoms with E-state index in [1.807, 2.05) is 6.92 Å². The van der Waals surface area contributed by atoms with E-state index in [4.69, 9.17) is 5.73 Å². The first-order valence-corrected chi connectivity index (χ1v) is 5.86. The predicted molar refractivity (Wildman–Crippen MR) is 66.9 cm³/mol. The molecule has 0 bridgehead atoms. The zero-order valence-corrected chi connectivity index (χ0v) is 10.2. The normalized spacial score (nSPS) is 18.5. The van der Waals surface area contributed by atoms with Gasteiger partial charge in [-0.25, -0.2) is 0 Å². The van der Waals surface area contributed by atoms with Crippen molar-refractivity contribution in [3.63, 3.8) is 0 Å². The highest BCUT2D eigenvalue weighted by Crippen LogP contribution is 2.11. The molecule has 1 aliphatic rings. The average Bonchev–Trinajstić information content (AvgIpc) is 2.72. The van der Waals surface area contributed by atoms with Crippen LogP contribution in [0.3, 0.4) is 0 Å². The van der Waals surface area contributed by atoms with Crippen molar-refractivity contribution in [1.29, 1.82) is 0 Å². The Kier molecular flexibility index (Phi) is 3.45. The summed E-state index contributed by atoms with van der Waals surface area (Å²) < 4.78 is 0. The summed E-state index contributed by atoms with van der Waals surface area (Å²) in [4.78, 5) is 26.9. The summed E-state index contributed by atoms with van der Waals surface area (Å²) in [6.45, 7) is 2.23. The molecule has 18 heavy (non-hydrogen) atoms. The molecule has 2 rings (SSSR count). The molecule has 1 aromatic rings. The highest BCUT2D eigenvalue weighted by Gasteiger charge is 2.21. The van der Waals surface area contributed by atoms with Crippen molar-refractivity contribution >= 4 is 17.5 Å². The Morgan fingerprint density at radius 2 is 2.44 bits per heavy atom. The van der Waals surface area contributed by atoms with Crippen molar-refractivity contribution in [2.75, 3.05) is 12.3 Å². The molecule has 0 saturated carbocycles. The molecule has 6 heteroatoms. The van der Waals surface area contributed by atoms with E-state index in [0.717, 1.165) is 12.1 Å². The van der Waals surface area contributed by atoms with Gasteiger partial charge in [-0.3, -0.25) is 14.6 Å². The molecular weight excluding hydrogens is 232 g/mol. The van der Waals surface area contributed by atoms with Crippen LogP contribution < -0.4 is 16.4 Å². The molecule has 96 valence electrons. The van der Waals surface area contributed by atoms with Crippen molar-refractivity contribution in [2.45, 2.75) is 25.8 Å². The van der Waals surface area contributed by atoms with Crippen LogP contribution in [0.25, 0.3) is 0 Å². The van der Waals surface area contributed by atoms with E-state index in [-0.39, 0.29) is 17.9 Å².